The number of nitrogens with zero attached hydrogens (tertiary/aromatic N) is 3. The van der Waals surface area contributed by atoms with E-state index in [9.17, 15) is 14.4 Å². The molecule has 0 amide bonds. The third-order valence-corrected chi connectivity index (χ3v) is 16.4. The molecule has 1 aliphatic rings. The fourth-order valence-electron chi connectivity index (χ4n) is 5.31. The Labute approximate surface area is 345 Å². The molecule has 7 rings (SSSR count). The normalized spacial score (nSPS) is 15.8. The molecule has 1 atom stereocenters. The van der Waals surface area contributed by atoms with E-state index in [2.05, 4.69) is 0 Å². The molecule has 60 heavy (non-hydrogen) atoms. The molecule has 0 saturated carbocycles. The second-order valence-corrected chi connectivity index (χ2v) is 18.6. The molecule has 6 aromatic carbocycles. The molecule has 1 aliphatic heterocycles. The highest BCUT2D eigenvalue weighted by Gasteiger charge is 2.49. The minimum absolute atomic E-state index is 0.192. The van der Waals surface area contributed by atoms with Gasteiger partial charge in [-0.3, -0.25) is 14.4 Å². The Bertz CT molecular complexity index is 2510. The fourth-order valence-corrected chi connectivity index (χ4v) is 14.4. The van der Waals surface area contributed by atoms with Gasteiger partial charge < -0.3 is 41.4 Å². The van der Waals surface area contributed by atoms with Gasteiger partial charge in [0.25, 0.3) is 0 Å². The molecule has 6 aromatic rings. The lowest BCUT2D eigenvalue weighted by molar-refractivity contribution is 0.111. The van der Waals surface area contributed by atoms with Gasteiger partial charge in [0.2, 0.25) is 0 Å². The van der Waals surface area contributed by atoms with Crippen molar-refractivity contribution in [3.05, 3.63) is 162 Å². The summed E-state index contributed by atoms with van der Waals surface area (Å²) in [5.74, 6) is 3.00. The van der Waals surface area contributed by atoms with E-state index in [0.29, 0.717) is 52.8 Å². The minimum Gasteiger partial charge on any atom is -0.497 e. The zero-order chi connectivity index (χ0) is 42.0. The van der Waals surface area contributed by atoms with Crippen molar-refractivity contribution < 1.29 is 55.7 Å². The number of aldehydes is 3. The van der Waals surface area contributed by atoms with Crippen molar-refractivity contribution in [3.63, 3.8) is 0 Å². The van der Waals surface area contributed by atoms with Crippen molar-refractivity contribution in [2.75, 3.05) is 21.3 Å². The van der Waals surface area contributed by atoms with E-state index in [1.807, 2.05) is 0 Å². The van der Waals surface area contributed by atoms with Gasteiger partial charge in [0, 0.05) is 16.7 Å². The number of ether oxygens (including phenoxy) is 3. The number of carbonyl (C=O) groups is 3. The summed E-state index contributed by atoms with van der Waals surface area (Å²) in [7, 11) is -8.20. The van der Waals surface area contributed by atoms with Crippen LogP contribution in [0.4, 0.5) is 0 Å². The zero-order valence-electron chi connectivity index (χ0n) is 32.2. The molecule has 0 spiro atoms. The van der Waals surface area contributed by atoms with Crippen LogP contribution in [0.3, 0.4) is 0 Å². The number of carbonyl (C=O) groups excluding carboxylic acids is 3. The first kappa shape index (κ1) is 41.4. The quantitative estimate of drug-likeness (QED) is 0.0592. The van der Waals surface area contributed by atoms with Crippen LogP contribution in [-0.4, -0.2) is 40.2 Å². The van der Waals surface area contributed by atoms with Crippen LogP contribution in [-0.2, 0) is 0 Å². The van der Waals surface area contributed by atoms with Crippen LogP contribution >= 0.6 is 23.0 Å². The van der Waals surface area contributed by atoms with E-state index in [-0.39, 0.29) is 34.5 Å². The van der Waals surface area contributed by atoms with Crippen LogP contribution < -0.4 is 41.4 Å². The maximum Gasteiger partial charge on any atom is 0.460 e. The Morgan fingerprint density at radius 3 is 0.633 bits per heavy atom. The van der Waals surface area contributed by atoms with E-state index in [0.717, 1.165) is 0 Å². The van der Waals surface area contributed by atoms with Crippen molar-refractivity contribution in [1.29, 1.82) is 0 Å². The van der Waals surface area contributed by atoms with Crippen molar-refractivity contribution in [3.8, 4) is 51.7 Å². The topological polar surface area (TPSA) is 171 Å². The van der Waals surface area contributed by atoms with Gasteiger partial charge in [0.1, 0.15) is 70.6 Å². The van der Waals surface area contributed by atoms with Gasteiger partial charge in [-0.25, -0.2) is 0 Å². The summed E-state index contributed by atoms with van der Waals surface area (Å²) in [6, 6.07) is 38.7. The summed E-state index contributed by atoms with van der Waals surface area (Å²) in [5.41, 5.74) is 1.15. The molecule has 0 bridgehead atoms. The summed E-state index contributed by atoms with van der Waals surface area (Å²) in [6.45, 7) is 0. The van der Waals surface area contributed by atoms with E-state index in [4.69, 9.17) is 54.9 Å². The Morgan fingerprint density at radius 1 is 0.300 bits per heavy atom. The maximum absolute atomic E-state index is 11.7. The predicted molar refractivity (Wildman–Crippen MR) is 226 cm³/mol. The van der Waals surface area contributed by atoms with Crippen molar-refractivity contribution in [2.24, 2.45) is 13.5 Å². The van der Waals surface area contributed by atoms with Gasteiger partial charge >= 0.3 is 23.0 Å². The third kappa shape index (κ3) is 10.1. The van der Waals surface area contributed by atoms with Crippen LogP contribution in [0, 0.1) is 0 Å². The van der Waals surface area contributed by atoms with E-state index < -0.39 is 23.0 Å². The first-order chi connectivity index (χ1) is 29.2. The van der Waals surface area contributed by atoms with Gasteiger partial charge in [-0.15, -0.1) is 0 Å². The Kier molecular flexibility index (Phi) is 12.7. The van der Waals surface area contributed by atoms with Crippen LogP contribution in [0.1, 0.15) is 31.1 Å². The van der Waals surface area contributed by atoms with Crippen LogP contribution in [0.2, 0.25) is 0 Å². The maximum atomic E-state index is 11.7. The van der Waals surface area contributed by atoms with Crippen molar-refractivity contribution in [1.82, 2.24) is 0 Å². The molecule has 1 heterocycles. The highest BCUT2D eigenvalue weighted by Crippen LogP contribution is 2.78. The van der Waals surface area contributed by atoms with Gasteiger partial charge in [-0.05, 0) is 146 Å². The summed E-state index contributed by atoms with van der Waals surface area (Å²) >= 11 is 0. The molecule has 0 radical (unpaired) electrons. The predicted octanol–water partition coefficient (Wildman–Crippen LogP) is 11.8. The van der Waals surface area contributed by atoms with E-state index >= 15 is 0 Å². The second-order valence-electron chi connectivity index (χ2n) is 12.4. The Hall–Kier alpha value is -6.78. The largest absolute Gasteiger partial charge is 0.497 e. The number of methoxy groups -OCH3 is 3. The second kappa shape index (κ2) is 18.4. The van der Waals surface area contributed by atoms with Gasteiger partial charge in [0.05, 0.1) is 21.3 Å². The number of rotatable bonds is 18. The van der Waals surface area contributed by atoms with Crippen molar-refractivity contribution in [2.45, 2.75) is 0 Å². The third-order valence-electron chi connectivity index (χ3n) is 8.25. The van der Waals surface area contributed by atoms with Crippen molar-refractivity contribution >= 4 is 41.8 Å². The van der Waals surface area contributed by atoms with Crippen LogP contribution in [0.15, 0.2) is 159 Å². The number of hydrogen-bond acceptors (Lipinski definition) is 15. The molecule has 15 nitrogen and oxygen atoms in total. The standard InChI is InChI=1S/C42H36N3O12P3/c1-49-34-16-22-40(23-17-34)55-59(54-39-14-8-33(30-48)9-15-39)43-58(52-37-10-4-31(28-46)5-11-37,53-38-12-6-32(29-47)7-13-38)44-60(45-59,56-41-24-18-35(50-2)19-25-41)57-42-26-20-36(51-3)21-27-42/h4-30H,1-3H3. The molecule has 0 fully saturated rings. The zero-order valence-corrected chi connectivity index (χ0v) is 34.9. The van der Waals surface area contributed by atoms with Crippen LogP contribution in [0.25, 0.3) is 0 Å². The summed E-state index contributed by atoms with van der Waals surface area (Å²) in [6.07, 6.45) is 2.08. The summed E-state index contributed by atoms with van der Waals surface area (Å²) in [5, 5.41) is 0. The Morgan fingerprint density at radius 2 is 0.467 bits per heavy atom. The molecule has 18 heteroatoms. The molecule has 0 saturated heterocycles. The lowest BCUT2D eigenvalue weighted by Crippen LogP contribution is -2.11. The molecule has 1 unspecified atom stereocenters. The molecular formula is C42H36N3O12P3. The van der Waals surface area contributed by atoms with Gasteiger partial charge in [-0.1, -0.05) is 13.5 Å². The first-order valence-corrected chi connectivity index (χ1v) is 22.4. The van der Waals surface area contributed by atoms with E-state index in [1.54, 1.807) is 146 Å². The average Bonchev–Trinajstić information content (AvgIpc) is 3.27. The minimum atomic E-state index is -4.29. The molecule has 0 aliphatic carbocycles. The van der Waals surface area contributed by atoms with Gasteiger partial charge in [-0.2, -0.15) is 0 Å². The molecule has 0 aromatic heterocycles. The molecular weight excluding hydrogens is 831 g/mol. The lowest BCUT2D eigenvalue weighted by atomic mass is 10.2. The number of hydrogen-bond donors (Lipinski definition) is 0. The molecule has 306 valence electrons. The lowest BCUT2D eigenvalue weighted by Gasteiger charge is -2.33. The summed E-state index contributed by atoms with van der Waals surface area (Å²) < 4.78 is 72.2. The number of benzene rings is 6. The molecule has 0 N–H and O–H groups in total. The van der Waals surface area contributed by atoms with Crippen LogP contribution in [0.5, 0.6) is 51.7 Å². The Balaban J connectivity index is 1.56. The highest BCUT2D eigenvalue weighted by molar-refractivity contribution is 7.79. The van der Waals surface area contributed by atoms with Gasteiger partial charge in [0.15, 0.2) is 0 Å². The average molecular weight is 868 g/mol. The fraction of sp³-hybridized carbons (Fsp3) is 0.0714. The smallest absolute Gasteiger partial charge is 0.460 e. The first-order valence-electron chi connectivity index (χ1n) is 17.9. The SMILES string of the molecule is COc1ccc(OP2(Oc3ccc(C=O)cc3)=NP(Oc3ccc(C=O)cc3)(Oc3ccc(C=O)cc3)=NP(Oc3ccc(OC)cc3)(Oc3ccc(OC)cc3)=N2)cc1. The highest BCUT2D eigenvalue weighted by atomic mass is 31.3. The van der Waals surface area contributed by atoms with E-state index in [1.165, 1.54) is 21.3 Å². The summed E-state index contributed by atoms with van der Waals surface area (Å²) in [4.78, 5) is 35.0. The monoisotopic (exact) mass is 867 g/mol.